The quantitative estimate of drug-likeness (QED) is 0.481. The van der Waals surface area contributed by atoms with Crippen molar-refractivity contribution in [2.24, 2.45) is 0 Å². The summed E-state index contributed by atoms with van der Waals surface area (Å²) >= 11 is 0. The number of carbonyl (C=O) groups is 1. The van der Waals surface area contributed by atoms with Crippen molar-refractivity contribution in [1.29, 1.82) is 0 Å². The van der Waals surface area contributed by atoms with Crippen LogP contribution in [0.1, 0.15) is 0 Å². The molecule has 0 amide bonds. The Kier molecular flexibility index (Phi) is 4.50. The zero-order chi connectivity index (χ0) is 6.41. The van der Waals surface area contributed by atoms with Crippen LogP contribution in [0.4, 0.5) is 0 Å². The molecule has 3 heteroatoms. The van der Waals surface area contributed by atoms with Gasteiger partial charge in [-0.1, -0.05) is 0 Å². The molecule has 0 aromatic rings. The van der Waals surface area contributed by atoms with Gasteiger partial charge >= 0.3 is 0 Å². The molecular weight excluding hydrogens is 108 g/mol. The summed E-state index contributed by atoms with van der Waals surface area (Å²) in [5, 5.41) is 0. The van der Waals surface area contributed by atoms with Crippen molar-refractivity contribution >= 4 is 6.29 Å². The molecule has 0 N–H and O–H groups in total. The van der Waals surface area contributed by atoms with Gasteiger partial charge in [0, 0.05) is 14.2 Å². The summed E-state index contributed by atoms with van der Waals surface area (Å²) in [6.07, 6.45) is 0.309. The summed E-state index contributed by atoms with van der Waals surface area (Å²) in [6, 6.07) is 0. The molecule has 0 aliphatic carbocycles. The predicted molar refractivity (Wildman–Crippen MR) is 28.7 cm³/mol. The molecular formula is C5H10O3. The van der Waals surface area contributed by atoms with Gasteiger partial charge in [0.2, 0.25) is 0 Å². The first kappa shape index (κ1) is 7.59. The van der Waals surface area contributed by atoms with Gasteiger partial charge in [0.25, 0.3) is 0 Å². The fourth-order valence-electron chi connectivity index (χ4n) is 0.327. The van der Waals surface area contributed by atoms with Gasteiger partial charge in [-0.15, -0.1) is 0 Å². The Morgan fingerprint density at radius 1 is 1.62 bits per heavy atom. The van der Waals surface area contributed by atoms with Gasteiger partial charge in [0.15, 0.2) is 6.29 Å². The third kappa shape index (κ3) is 2.71. The highest BCUT2D eigenvalue weighted by atomic mass is 16.5. The van der Waals surface area contributed by atoms with E-state index < -0.39 is 6.10 Å². The molecule has 0 unspecified atom stereocenters. The maximum atomic E-state index is 9.92. The summed E-state index contributed by atoms with van der Waals surface area (Å²) in [5.74, 6) is 0. The van der Waals surface area contributed by atoms with Crippen LogP contribution in [-0.4, -0.2) is 33.2 Å². The number of hydrogen-bond acceptors (Lipinski definition) is 3. The summed E-state index contributed by atoms with van der Waals surface area (Å²) in [6.45, 7) is 0.333. The molecule has 0 saturated carbocycles. The molecule has 3 nitrogen and oxygen atoms in total. The Bertz CT molecular complexity index is 62.7. The molecule has 8 heavy (non-hydrogen) atoms. The third-order valence-electron chi connectivity index (χ3n) is 0.785. The number of ether oxygens (including phenoxy) is 2. The molecule has 0 aliphatic rings. The van der Waals surface area contributed by atoms with Gasteiger partial charge in [-0.2, -0.15) is 0 Å². The van der Waals surface area contributed by atoms with Crippen molar-refractivity contribution < 1.29 is 14.3 Å². The molecule has 0 bridgehead atoms. The normalized spacial score (nSPS) is 13.2. The van der Waals surface area contributed by atoms with Gasteiger partial charge in [-0.05, 0) is 0 Å². The molecule has 0 heterocycles. The second-order valence-corrected chi connectivity index (χ2v) is 1.37. The smallest absolute Gasteiger partial charge is 0.151 e. The Labute approximate surface area is 48.6 Å². The van der Waals surface area contributed by atoms with Crippen molar-refractivity contribution in [2.45, 2.75) is 6.10 Å². The minimum Gasteiger partial charge on any atom is -0.382 e. The summed E-state index contributed by atoms with van der Waals surface area (Å²) in [4.78, 5) is 9.92. The molecule has 0 rings (SSSR count). The van der Waals surface area contributed by atoms with Crippen molar-refractivity contribution in [1.82, 2.24) is 0 Å². The molecule has 1 atom stereocenters. The van der Waals surface area contributed by atoms with Crippen LogP contribution in [0, 0.1) is 0 Å². The van der Waals surface area contributed by atoms with E-state index in [1.807, 2.05) is 0 Å². The molecule has 0 aromatic carbocycles. The SMILES string of the molecule is COC[C@H](C=O)OC. The van der Waals surface area contributed by atoms with Crippen LogP contribution in [0.3, 0.4) is 0 Å². The molecule has 0 saturated heterocycles. The lowest BCUT2D eigenvalue weighted by Crippen LogP contribution is -2.18. The van der Waals surface area contributed by atoms with Crippen molar-refractivity contribution in [3.8, 4) is 0 Å². The first-order chi connectivity index (χ1) is 3.85. The van der Waals surface area contributed by atoms with E-state index >= 15 is 0 Å². The van der Waals surface area contributed by atoms with E-state index in [0.29, 0.717) is 12.9 Å². The molecule has 48 valence electrons. The maximum Gasteiger partial charge on any atom is 0.151 e. The van der Waals surface area contributed by atoms with Gasteiger partial charge in [-0.3, -0.25) is 0 Å². The molecule has 0 spiro atoms. The van der Waals surface area contributed by atoms with E-state index in [4.69, 9.17) is 0 Å². The van der Waals surface area contributed by atoms with E-state index in [0.717, 1.165) is 0 Å². The Morgan fingerprint density at radius 2 is 2.25 bits per heavy atom. The lowest BCUT2D eigenvalue weighted by Gasteiger charge is -2.03. The van der Waals surface area contributed by atoms with E-state index in [9.17, 15) is 4.79 Å². The standard InChI is InChI=1S/C5H10O3/c1-7-4-5(3-6)8-2/h3,5H,4H2,1-2H3/t5-/m0/s1. The highest BCUT2D eigenvalue weighted by Crippen LogP contribution is 1.82. The van der Waals surface area contributed by atoms with Crippen molar-refractivity contribution in [2.75, 3.05) is 20.8 Å². The van der Waals surface area contributed by atoms with Crippen molar-refractivity contribution in [3.63, 3.8) is 0 Å². The van der Waals surface area contributed by atoms with Gasteiger partial charge in [0.05, 0.1) is 6.61 Å². The van der Waals surface area contributed by atoms with Crippen molar-refractivity contribution in [3.05, 3.63) is 0 Å². The number of carbonyl (C=O) groups excluding carboxylic acids is 1. The number of methoxy groups -OCH3 is 2. The van der Waals surface area contributed by atoms with Crippen LogP contribution in [0.2, 0.25) is 0 Å². The Hall–Kier alpha value is -0.410. The minimum atomic E-state index is -0.403. The zero-order valence-corrected chi connectivity index (χ0v) is 5.09. The fourth-order valence-corrected chi connectivity index (χ4v) is 0.327. The van der Waals surface area contributed by atoms with Crippen LogP contribution >= 0.6 is 0 Å². The average Bonchev–Trinajstić information content (AvgIpc) is 1.83. The largest absolute Gasteiger partial charge is 0.382 e. The third-order valence-corrected chi connectivity index (χ3v) is 0.785. The first-order valence-electron chi connectivity index (χ1n) is 2.32. The second-order valence-electron chi connectivity index (χ2n) is 1.37. The number of rotatable bonds is 4. The predicted octanol–water partition coefficient (Wildman–Crippen LogP) is -0.153. The average molecular weight is 118 g/mol. The van der Waals surface area contributed by atoms with Crippen LogP contribution in [0.15, 0.2) is 0 Å². The molecule has 0 aromatic heterocycles. The lowest BCUT2D eigenvalue weighted by atomic mass is 10.4. The van der Waals surface area contributed by atoms with Gasteiger partial charge < -0.3 is 14.3 Å². The highest BCUT2D eigenvalue weighted by Gasteiger charge is 2.01. The summed E-state index contributed by atoms with van der Waals surface area (Å²) in [5.41, 5.74) is 0. The second kappa shape index (κ2) is 4.74. The minimum absolute atomic E-state index is 0.333. The Morgan fingerprint density at radius 3 is 2.38 bits per heavy atom. The monoisotopic (exact) mass is 118 g/mol. The van der Waals surface area contributed by atoms with Gasteiger partial charge in [0.1, 0.15) is 6.10 Å². The Balaban J connectivity index is 3.21. The van der Waals surface area contributed by atoms with Crippen LogP contribution in [0.25, 0.3) is 0 Å². The maximum absolute atomic E-state index is 9.92. The topological polar surface area (TPSA) is 35.5 Å². The lowest BCUT2D eigenvalue weighted by molar-refractivity contribution is -0.119. The first-order valence-corrected chi connectivity index (χ1v) is 2.32. The van der Waals surface area contributed by atoms with Crippen LogP contribution < -0.4 is 0 Å². The van der Waals surface area contributed by atoms with E-state index in [-0.39, 0.29) is 0 Å². The zero-order valence-electron chi connectivity index (χ0n) is 5.09. The fraction of sp³-hybridized carbons (Fsp3) is 0.800. The number of aldehydes is 1. The summed E-state index contributed by atoms with van der Waals surface area (Å²) < 4.78 is 9.28. The van der Waals surface area contributed by atoms with Gasteiger partial charge in [-0.25, -0.2) is 0 Å². The molecule has 0 radical (unpaired) electrons. The molecule has 0 fully saturated rings. The van der Waals surface area contributed by atoms with E-state index in [1.54, 1.807) is 0 Å². The van der Waals surface area contributed by atoms with E-state index in [1.165, 1.54) is 14.2 Å². The van der Waals surface area contributed by atoms with Crippen LogP contribution in [0.5, 0.6) is 0 Å². The summed E-state index contributed by atoms with van der Waals surface area (Å²) in [7, 11) is 2.99. The molecule has 0 aliphatic heterocycles. The van der Waals surface area contributed by atoms with E-state index in [2.05, 4.69) is 9.47 Å². The highest BCUT2D eigenvalue weighted by molar-refractivity contribution is 5.55. The van der Waals surface area contributed by atoms with Crippen LogP contribution in [-0.2, 0) is 14.3 Å². The number of hydrogen-bond donors (Lipinski definition) is 0.